The Morgan fingerprint density at radius 3 is 3.17 bits per heavy atom. The van der Waals surface area contributed by atoms with Crippen molar-refractivity contribution in [3.05, 3.63) is 23.9 Å². The number of likely N-dealkylation sites (N-methyl/N-ethyl adjacent to an activating group) is 1. The first kappa shape index (κ1) is 12.8. The van der Waals surface area contributed by atoms with Crippen LogP contribution in [0.3, 0.4) is 0 Å². The molecule has 1 aromatic rings. The molecule has 1 aromatic heterocycles. The van der Waals surface area contributed by atoms with Gasteiger partial charge in [-0.25, -0.2) is 4.98 Å². The third-order valence-corrected chi connectivity index (χ3v) is 3.20. The van der Waals surface area contributed by atoms with E-state index in [1.807, 2.05) is 12.1 Å². The van der Waals surface area contributed by atoms with E-state index in [1.165, 1.54) is 0 Å². The Bertz CT molecular complexity index is 424. The van der Waals surface area contributed by atoms with Crippen molar-refractivity contribution < 1.29 is 9.53 Å². The fraction of sp³-hybridized carbons (Fsp3) is 0.538. The highest BCUT2D eigenvalue weighted by atomic mass is 16.5. The summed E-state index contributed by atoms with van der Waals surface area (Å²) >= 11 is 0. The first-order chi connectivity index (χ1) is 8.63. The number of hydrogen-bond donors (Lipinski definition) is 1. The molecule has 0 aliphatic carbocycles. The SMILES string of the molecule is CN1CCC(C)(Oc2ncccc2CNC=O)C1. The summed E-state index contributed by atoms with van der Waals surface area (Å²) in [5.74, 6) is 0.615. The van der Waals surface area contributed by atoms with Crippen LogP contribution < -0.4 is 10.1 Å². The maximum absolute atomic E-state index is 10.4. The summed E-state index contributed by atoms with van der Waals surface area (Å²) in [6, 6.07) is 3.76. The quantitative estimate of drug-likeness (QED) is 0.784. The number of carbonyl (C=O) groups is 1. The van der Waals surface area contributed by atoms with Gasteiger partial charge in [0.1, 0.15) is 5.60 Å². The molecule has 0 bridgehead atoms. The molecule has 1 amide bonds. The lowest BCUT2D eigenvalue weighted by molar-refractivity contribution is -0.109. The molecule has 0 radical (unpaired) electrons. The van der Waals surface area contributed by atoms with E-state index in [0.717, 1.165) is 25.1 Å². The molecule has 0 spiro atoms. The minimum absolute atomic E-state index is 0.195. The molecule has 2 rings (SSSR count). The molecule has 18 heavy (non-hydrogen) atoms. The van der Waals surface area contributed by atoms with Crippen LogP contribution >= 0.6 is 0 Å². The molecule has 1 unspecified atom stereocenters. The van der Waals surface area contributed by atoms with Crippen LogP contribution in [0.25, 0.3) is 0 Å². The van der Waals surface area contributed by atoms with E-state index in [2.05, 4.69) is 29.2 Å². The van der Waals surface area contributed by atoms with Crippen molar-refractivity contribution in [1.29, 1.82) is 0 Å². The zero-order valence-corrected chi connectivity index (χ0v) is 10.8. The topological polar surface area (TPSA) is 54.5 Å². The molecule has 98 valence electrons. The summed E-state index contributed by atoms with van der Waals surface area (Å²) in [6.07, 6.45) is 3.38. The highest BCUT2D eigenvalue weighted by Crippen LogP contribution is 2.27. The largest absolute Gasteiger partial charge is 0.470 e. The molecule has 1 aliphatic heterocycles. The van der Waals surface area contributed by atoms with Gasteiger partial charge < -0.3 is 15.0 Å². The molecule has 1 atom stereocenters. The number of pyridine rings is 1. The number of nitrogens with zero attached hydrogens (tertiary/aromatic N) is 2. The van der Waals surface area contributed by atoms with Crippen LogP contribution in [0.4, 0.5) is 0 Å². The van der Waals surface area contributed by atoms with Gasteiger partial charge in [-0.05, 0) is 20.0 Å². The number of aromatic nitrogens is 1. The summed E-state index contributed by atoms with van der Waals surface area (Å²) in [7, 11) is 2.09. The Labute approximate surface area is 107 Å². The third kappa shape index (κ3) is 2.98. The number of amides is 1. The van der Waals surface area contributed by atoms with Gasteiger partial charge in [-0.1, -0.05) is 6.07 Å². The fourth-order valence-electron chi connectivity index (χ4n) is 2.28. The molecule has 0 saturated carbocycles. The van der Waals surface area contributed by atoms with E-state index in [4.69, 9.17) is 4.74 Å². The van der Waals surface area contributed by atoms with Crippen molar-refractivity contribution in [3.8, 4) is 5.88 Å². The Kier molecular flexibility index (Phi) is 3.81. The van der Waals surface area contributed by atoms with Gasteiger partial charge in [0.15, 0.2) is 0 Å². The van der Waals surface area contributed by atoms with E-state index in [-0.39, 0.29) is 5.60 Å². The molecule has 5 heteroatoms. The third-order valence-electron chi connectivity index (χ3n) is 3.20. The minimum atomic E-state index is -0.195. The second-order valence-electron chi connectivity index (χ2n) is 5.01. The summed E-state index contributed by atoms with van der Waals surface area (Å²) < 4.78 is 6.05. The Morgan fingerprint density at radius 1 is 1.67 bits per heavy atom. The van der Waals surface area contributed by atoms with E-state index >= 15 is 0 Å². The van der Waals surface area contributed by atoms with Crippen LogP contribution in [0.15, 0.2) is 18.3 Å². The van der Waals surface area contributed by atoms with Crippen molar-refractivity contribution in [2.75, 3.05) is 20.1 Å². The molecule has 1 aliphatic rings. The van der Waals surface area contributed by atoms with Gasteiger partial charge >= 0.3 is 0 Å². The zero-order valence-electron chi connectivity index (χ0n) is 10.8. The van der Waals surface area contributed by atoms with Crippen LogP contribution in [0.2, 0.25) is 0 Å². The van der Waals surface area contributed by atoms with Crippen LogP contribution in [0.1, 0.15) is 18.9 Å². The average molecular weight is 249 g/mol. The van der Waals surface area contributed by atoms with E-state index in [9.17, 15) is 4.79 Å². The minimum Gasteiger partial charge on any atom is -0.470 e. The normalized spacial score (nSPS) is 23.9. The van der Waals surface area contributed by atoms with Crippen LogP contribution in [0, 0.1) is 0 Å². The molecule has 1 fully saturated rings. The van der Waals surface area contributed by atoms with E-state index < -0.39 is 0 Å². The van der Waals surface area contributed by atoms with E-state index in [0.29, 0.717) is 18.8 Å². The van der Waals surface area contributed by atoms with Crippen molar-refractivity contribution in [3.63, 3.8) is 0 Å². The number of hydrogen-bond acceptors (Lipinski definition) is 4. The molecular formula is C13H19N3O2. The Morgan fingerprint density at radius 2 is 2.50 bits per heavy atom. The van der Waals surface area contributed by atoms with Crippen LogP contribution in [0.5, 0.6) is 5.88 Å². The molecule has 5 nitrogen and oxygen atoms in total. The summed E-state index contributed by atoms with van der Waals surface area (Å²) in [5.41, 5.74) is 0.708. The Balaban J connectivity index is 2.10. The molecular weight excluding hydrogens is 230 g/mol. The predicted octanol–water partition coefficient (Wildman–Crippen LogP) is 0.801. The molecule has 1 saturated heterocycles. The highest BCUT2D eigenvalue weighted by Gasteiger charge is 2.34. The average Bonchev–Trinajstić information content (AvgIpc) is 2.68. The maximum Gasteiger partial charge on any atom is 0.218 e. The van der Waals surface area contributed by atoms with Crippen LogP contribution in [-0.2, 0) is 11.3 Å². The lowest BCUT2D eigenvalue weighted by atomic mass is 10.1. The van der Waals surface area contributed by atoms with E-state index in [1.54, 1.807) is 6.20 Å². The maximum atomic E-state index is 10.4. The highest BCUT2D eigenvalue weighted by molar-refractivity contribution is 5.46. The van der Waals surface area contributed by atoms with Gasteiger partial charge in [-0.2, -0.15) is 0 Å². The number of rotatable bonds is 5. The van der Waals surface area contributed by atoms with Gasteiger partial charge in [0.25, 0.3) is 0 Å². The number of carbonyl (C=O) groups excluding carboxylic acids is 1. The molecule has 0 aromatic carbocycles. The van der Waals surface area contributed by atoms with Gasteiger partial charge in [-0.3, -0.25) is 4.79 Å². The van der Waals surface area contributed by atoms with Crippen molar-refractivity contribution in [1.82, 2.24) is 15.2 Å². The smallest absolute Gasteiger partial charge is 0.218 e. The van der Waals surface area contributed by atoms with Crippen molar-refractivity contribution in [2.45, 2.75) is 25.5 Å². The van der Waals surface area contributed by atoms with Gasteiger partial charge in [0, 0.05) is 37.8 Å². The van der Waals surface area contributed by atoms with Crippen molar-refractivity contribution >= 4 is 6.41 Å². The lowest BCUT2D eigenvalue weighted by Crippen LogP contribution is -2.35. The number of nitrogens with one attached hydrogen (secondary N) is 1. The second-order valence-corrected chi connectivity index (χ2v) is 5.01. The predicted molar refractivity (Wildman–Crippen MR) is 68.3 cm³/mol. The van der Waals surface area contributed by atoms with Crippen LogP contribution in [-0.4, -0.2) is 42.0 Å². The second kappa shape index (κ2) is 5.35. The monoisotopic (exact) mass is 249 g/mol. The first-order valence-electron chi connectivity index (χ1n) is 6.11. The standard InChI is InChI=1S/C13H19N3O2/c1-13(5-7-16(2)9-13)18-12-11(8-14-10-17)4-3-6-15-12/h3-4,6,10H,5,7-9H2,1-2H3,(H,14,17). The van der Waals surface area contributed by atoms with Gasteiger partial charge in [-0.15, -0.1) is 0 Å². The van der Waals surface area contributed by atoms with Gasteiger partial charge in [0.2, 0.25) is 12.3 Å². The summed E-state index contributed by atoms with van der Waals surface area (Å²) in [5, 5.41) is 2.64. The molecule has 1 N–H and O–H groups in total. The van der Waals surface area contributed by atoms with Crippen molar-refractivity contribution in [2.24, 2.45) is 0 Å². The number of ether oxygens (including phenoxy) is 1. The lowest BCUT2D eigenvalue weighted by Gasteiger charge is -2.26. The zero-order chi connectivity index (χ0) is 13.0. The number of likely N-dealkylation sites (tertiary alicyclic amines) is 1. The fourth-order valence-corrected chi connectivity index (χ4v) is 2.28. The first-order valence-corrected chi connectivity index (χ1v) is 6.11. The summed E-state index contributed by atoms with van der Waals surface area (Å²) in [6.45, 7) is 4.47. The summed E-state index contributed by atoms with van der Waals surface area (Å²) in [4.78, 5) is 16.9. The Hall–Kier alpha value is -1.62. The van der Waals surface area contributed by atoms with Gasteiger partial charge in [0.05, 0.1) is 0 Å². The molecule has 2 heterocycles.